The first-order chi connectivity index (χ1) is 11.5. The number of ketones is 1. The van der Waals surface area contributed by atoms with Crippen LogP contribution in [0.4, 0.5) is 0 Å². The highest BCUT2D eigenvalue weighted by Crippen LogP contribution is 2.36. The van der Waals surface area contributed by atoms with Crippen molar-refractivity contribution in [2.75, 3.05) is 0 Å². The van der Waals surface area contributed by atoms with E-state index in [1.165, 1.54) is 24.0 Å². The molecule has 0 saturated heterocycles. The summed E-state index contributed by atoms with van der Waals surface area (Å²) in [5.74, 6) is -0.557. The summed E-state index contributed by atoms with van der Waals surface area (Å²) in [6, 6.07) is 0. The lowest BCUT2D eigenvalue weighted by atomic mass is 9.81. The molecule has 0 aliphatic heterocycles. The predicted molar refractivity (Wildman–Crippen MR) is 96.7 cm³/mol. The second-order valence-corrected chi connectivity index (χ2v) is 6.93. The van der Waals surface area contributed by atoms with Gasteiger partial charge in [0.2, 0.25) is 0 Å². The van der Waals surface area contributed by atoms with E-state index in [9.17, 15) is 9.59 Å². The molecular formula is C21H30O3. The molecule has 0 aromatic carbocycles. The lowest BCUT2D eigenvalue weighted by Crippen LogP contribution is -2.22. The first kappa shape index (κ1) is 18.7. The first-order valence-corrected chi connectivity index (χ1v) is 9.41. The van der Waals surface area contributed by atoms with Gasteiger partial charge in [0.1, 0.15) is 5.57 Å². The summed E-state index contributed by atoms with van der Waals surface area (Å²) >= 11 is 0. The predicted octanol–water partition coefficient (Wildman–Crippen LogP) is 5.21. The van der Waals surface area contributed by atoms with E-state index in [1.54, 1.807) is 0 Å². The quantitative estimate of drug-likeness (QED) is 0.290. The van der Waals surface area contributed by atoms with Gasteiger partial charge in [0.15, 0.2) is 5.78 Å². The average Bonchev–Trinajstić information content (AvgIpc) is 2.59. The van der Waals surface area contributed by atoms with Crippen LogP contribution >= 0.6 is 0 Å². The summed E-state index contributed by atoms with van der Waals surface area (Å²) < 4.78 is 5.43. The smallest absolute Gasteiger partial charge is 0.342 e. The standard InChI is InChI=1S/C21H30O3/c1-4-18(22)20(21(23)24-15(2)3)19(16-11-7-5-8-12-16)17-13-9-6-10-14-17/h11,13,15H,4-10,12,14H2,1-3H3. The molecule has 0 atom stereocenters. The molecule has 132 valence electrons. The van der Waals surface area contributed by atoms with Crippen LogP contribution in [0.2, 0.25) is 0 Å². The lowest BCUT2D eigenvalue weighted by molar-refractivity contribution is -0.143. The van der Waals surface area contributed by atoms with Crippen molar-refractivity contribution in [3.05, 3.63) is 34.4 Å². The van der Waals surface area contributed by atoms with E-state index < -0.39 is 5.97 Å². The first-order valence-electron chi connectivity index (χ1n) is 9.41. The van der Waals surface area contributed by atoms with Gasteiger partial charge >= 0.3 is 5.97 Å². The van der Waals surface area contributed by atoms with Crippen LogP contribution in [-0.2, 0) is 14.3 Å². The van der Waals surface area contributed by atoms with Crippen LogP contribution in [0.25, 0.3) is 0 Å². The van der Waals surface area contributed by atoms with Gasteiger partial charge in [-0.15, -0.1) is 0 Å². The Kier molecular flexibility index (Phi) is 7.01. The molecule has 0 heterocycles. The molecule has 0 bridgehead atoms. The van der Waals surface area contributed by atoms with E-state index in [2.05, 4.69) is 12.2 Å². The molecule has 3 nitrogen and oxygen atoms in total. The average molecular weight is 330 g/mol. The molecule has 0 unspecified atom stereocenters. The highest BCUT2D eigenvalue weighted by molar-refractivity contribution is 6.19. The van der Waals surface area contributed by atoms with Gasteiger partial charge in [0, 0.05) is 6.42 Å². The summed E-state index contributed by atoms with van der Waals surface area (Å²) in [6.45, 7) is 5.46. The Morgan fingerprint density at radius 2 is 1.54 bits per heavy atom. The van der Waals surface area contributed by atoms with Gasteiger partial charge in [-0.2, -0.15) is 0 Å². The van der Waals surface area contributed by atoms with Crippen molar-refractivity contribution in [1.29, 1.82) is 0 Å². The third-order valence-electron chi connectivity index (χ3n) is 4.62. The van der Waals surface area contributed by atoms with Crippen molar-refractivity contribution in [3.8, 4) is 0 Å². The third-order valence-corrected chi connectivity index (χ3v) is 4.62. The summed E-state index contributed by atoms with van der Waals surface area (Å²) in [7, 11) is 0. The van der Waals surface area contributed by atoms with Crippen molar-refractivity contribution >= 4 is 11.8 Å². The molecule has 0 saturated carbocycles. The Bertz CT molecular complexity index is 548. The Labute approximate surface area is 145 Å². The van der Waals surface area contributed by atoms with Gasteiger partial charge in [-0.1, -0.05) is 19.1 Å². The minimum atomic E-state index is -0.454. The maximum Gasteiger partial charge on any atom is 0.342 e. The summed E-state index contributed by atoms with van der Waals surface area (Å²) in [4.78, 5) is 25.4. The zero-order valence-corrected chi connectivity index (χ0v) is 15.3. The molecule has 0 N–H and O–H groups in total. The van der Waals surface area contributed by atoms with Crippen molar-refractivity contribution < 1.29 is 14.3 Å². The molecule has 0 aromatic heterocycles. The summed E-state index contributed by atoms with van der Waals surface area (Å²) in [6.07, 6.45) is 13.1. The van der Waals surface area contributed by atoms with Crippen LogP contribution in [0.1, 0.15) is 78.6 Å². The fraction of sp³-hybridized carbons (Fsp3) is 0.619. The molecule has 0 fully saturated rings. The maximum absolute atomic E-state index is 12.7. The number of hydrogen-bond donors (Lipinski definition) is 0. The highest BCUT2D eigenvalue weighted by atomic mass is 16.5. The van der Waals surface area contributed by atoms with Crippen molar-refractivity contribution in [3.63, 3.8) is 0 Å². The van der Waals surface area contributed by atoms with Gasteiger partial charge in [0.25, 0.3) is 0 Å². The Balaban J connectivity index is 2.57. The second kappa shape index (κ2) is 9.00. The maximum atomic E-state index is 12.7. The van der Waals surface area contributed by atoms with E-state index in [1.807, 2.05) is 20.8 Å². The fourth-order valence-electron chi connectivity index (χ4n) is 3.46. The topological polar surface area (TPSA) is 43.4 Å². The minimum absolute atomic E-state index is 0.103. The number of ether oxygens (including phenoxy) is 1. The number of rotatable bonds is 6. The van der Waals surface area contributed by atoms with Crippen molar-refractivity contribution in [2.24, 2.45) is 0 Å². The molecular weight excluding hydrogens is 300 g/mol. The third kappa shape index (κ3) is 4.68. The van der Waals surface area contributed by atoms with Crippen LogP contribution in [0.5, 0.6) is 0 Å². The van der Waals surface area contributed by atoms with Crippen LogP contribution in [0, 0.1) is 0 Å². The van der Waals surface area contributed by atoms with Gasteiger partial charge < -0.3 is 4.74 Å². The summed E-state index contributed by atoms with van der Waals surface area (Å²) in [5.41, 5.74) is 3.53. The monoisotopic (exact) mass is 330 g/mol. The van der Waals surface area contributed by atoms with Crippen molar-refractivity contribution in [1.82, 2.24) is 0 Å². The number of hydrogen-bond acceptors (Lipinski definition) is 3. The fourth-order valence-corrected chi connectivity index (χ4v) is 3.46. The highest BCUT2D eigenvalue weighted by Gasteiger charge is 2.28. The molecule has 0 radical (unpaired) electrons. The second-order valence-electron chi connectivity index (χ2n) is 6.93. The molecule has 0 amide bonds. The molecule has 0 aromatic rings. The van der Waals surface area contributed by atoms with Gasteiger partial charge in [-0.05, 0) is 81.9 Å². The van der Waals surface area contributed by atoms with Gasteiger partial charge in [0.05, 0.1) is 6.10 Å². The van der Waals surface area contributed by atoms with E-state index in [-0.39, 0.29) is 17.5 Å². The van der Waals surface area contributed by atoms with E-state index in [0.29, 0.717) is 6.42 Å². The van der Waals surface area contributed by atoms with E-state index in [0.717, 1.165) is 44.1 Å². The minimum Gasteiger partial charge on any atom is -0.459 e. The van der Waals surface area contributed by atoms with Crippen LogP contribution < -0.4 is 0 Å². The molecule has 2 rings (SSSR count). The van der Waals surface area contributed by atoms with E-state index in [4.69, 9.17) is 4.74 Å². The zero-order chi connectivity index (χ0) is 17.5. The Morgan fingerprint density at radius 3 is 1.92 bits per heavy atom. The lowest BCUT2D eigenvalue weighted by Gasteiger charge is -2.24. The van der Waals surface area contributed by atoms with Gasteiger partial charge in [-0.3, -0.25) is 4.79 Å². The Hall–Kier alpha value is -1.64. The molecule has 3 heteroatoms. The van der Waals surface area contributed by atoms with E-state index >= 15 is 0 Å². The van der Waals surface area contributed by atoms with Crippen molar-refractivity contribution in [2.45, 2.75) is 84.7 Å². The number of Topliss-reactive ketones (excluding diaryl/α,β-unsaturated/α-hetero) is 1. The summed E-state index contributed by atoms with van der Waals surface area (Å²) in [5, 5.41) is 0. The molecule has 2 aliphatic carbocycles. The SMILES string of the molecule is CCC(=O)C(C(=O)OC(C)C)=C(C1=CCCCC1)C1=CCCCC1. The van der Waals surface area contributed by atoms with Crippen LogP contribution in [0.3, 0.4) is 0 Å². The molecule has 24 heavy (non-hydrogen) atoms. The number of carbonyl (C=O) groups excluding carboxylic acids is 2. The zero-order valence-electron chi connectivity index (χ0n) is 15.3. The molecule has 0 spiro atoms. The van der Waals surface area contributed by atoms with Crippen LogP contribution in [-0.4, -0.2) is 17.9 Å². The molecule has 2 aliphatic rings. The van der Waals surface area contributed by atoms with Gasteiger partial charge in [-0.25, -0.2) is 4.79 Å². The Morgan fingerprint density at radius 1 is 1.00 bits per heavy atom. The largest absolute Gasteiger partial charge is 0.459 e. The normalized spacial score (nSPS) is 17.8. The number of carbonyl (C=O) groups is 2. The number of esters is 1. The number of allylic oxidation sites excluding steroid dienone is 5. The van der Waals surface area contributed by atoms with Crippen LogP contribution in [0.15, 0.2) is 34.4 Å².